The molecule has 18 heavy (non-hydrogen) atoms. The van der Waals surface area contributed by atoms with Crippen molar-refractivity contribution in [3.8, 4) is 5.75 Å². The van der Waals surface area contributed by atoms with Gasteiger partial charge in [0.25, 0.3) is 0 Å². The first kappa shape index (κ1) is 12.8. The number of methoxy groups -OCH3 is 1. The SMILES string of the molecule is CNc1snnc1COc1cccc(COC)c1. The molecule has 2 aromatic rings. The van der Waals surface area contributed by atoms with Gasteiger partial charge in [0.05, 0.1) is 6.61 Å². The summed E-state index contributed by atoms with van der Waals surface area (Å²) in [4.78, 5) is 0. The normalized spacial score (nSPS) is 10.3. The van der Waals surface area contributed by atoms with Crippen molar-refractivity contribution >= 4 is 16.5 Å². The Bertz CT molecular complexity index is 502. The highest BCUT2D eigenvalue weighted by molar-refractivity contribution is 7.10. The van der Waals surface area contributed by atoms with Gasteiger partial charge in [-0.2, -0.15) is 0 Å². The van der Waals surface area contributed by atoms with E-state index in [-0.39, 0.29) is 0 Å². The minimum absolute atomic E-state index is 0.406. The fourth-order valence-corrected chi connectivity index (χ4v) is 2.05. The second kappa shape index (κ2) is 6.32. The molecule has 0 amide bonds. The maximum Gasteiger partial charge on any atom is 0.136 e. The van der Waals surface area contributed by atoms with E-state index in [0.29, 0.717) is 13.2 Å². The molecule has 0 aliphatic rings. The van der Waals surface area contributed by atoms with Crippen LogP contribution in [-0.2, 0) is 18.0 Å². The van der Waals surface area contributed by atoms with Gasteiger partial charge in [0.15, 0.2) is 0 Å². The van der Waals surface area contributed by atoms with Gasteiger partial charge in [-0.25, -0.2) is 0 Å². The van der Waals surface area contributed by atoms with Gasteiger partial charge in [0, 0.05) is 25.7 Å². The zero-order chi connectivity index (χ0) is 12.8. The molecule has 0 fully saturated rings. The number of benzene rings is 1. The van der Waals surface area contributed by atoms with Gasteiger partial charge in [-0.15, -0.1) is 5.10 Å². The Morgan fingerprint density at radius 1 is 1.33 bits per heavy atom. The molecule has 0 saturated heterocycles. The molecule has 0 atom stereocenters. The van der Waals surface area contributed by atoms with Crippen LogP contribution in [0.25, 0.3) is 0 Å². The molecule has 0 unspecified atom stereocenters. The summed E-state index contributed by atoms with van der Waals surface area (Å²) >= 11 is 1.32. The summed E-state index contributed by atoms with van der Waals surface area (Å²) in [6.07, 6.45) is 0. The number of hydrogen-bond acceptors (Lipinski definition) is 6. The van der Waals surface area contributed by atoms with E-state index in [1.165, 1.54) is 11.5 Å². The molecule has 0 bridgehead atoms. The Labute approximate surface area is 110 Å². The van der Waals surface area contributed by atoms with Crippen LogP contribution in [0, 0.1) is 0 Å². The van der Waals surface area contributed by atoms with E-state index in [9.17, 15) is 0 Å². The minimum atomic E-state index is 0.406. The molecule has 2 rings (SSSR count). The van der Waals surface area contributed by atoms with Gasteiger partial charge in [0.1, 0.15) is 23.1 Å². The second-order valence-electron chi connectivity index (χ2n) is 3.67. The van der Waals surface area contributed by atoms with Crippen LogP contribution in [0.2, 0.25) is 0 Å². The predicted octanol–water partition coefficient (Wildman–Crippen LogP) is 2.31. The zero-order valence-corrected chi connectivity index (χ0v) is 11.2. The summed E-state index contributed by atoms with van der Waals surface area (Å²) in [7, 11) is 3.52. The summed E-state index contributed by atoms with van der Waals surface area (Å²) < 4.78 is 14.7. The Balaban J connectivity index is 1.99. The van der Waals surface area contributed by atoms with Gasteiger partial charge in [0.2, 0.25) is 0 Å². The maximum absolute atomic E-state index is 5.69. The van der Waals surface area contributed by atoms with E-state index in [0.717, 1.165) is 22.0 Å². The first-order valence-corrected chi connectivity index (χ1v) is 6.30. The van der Waals surface area contributed by atoms with Gasteiger partial charge < -0.3 is 14.8 Å². The lowest BCUT2D eigenvalue weighted by atomic mass is 10.2. The molecule has 0 spiro atoms. The van der Waals surface area contributed by atoms with Crippen molar-refractivity contribution in [2.45, 2.75) is 13.2 Å². The maximum atomic E-state index is 5.69. The average molecular weight is 265 g/mol. The first-order chi connectivity index (χ1) is 8.83. The van der Waals surface area contributed by atoms with Crippen LogP contribution in [0.1, 0.15) is 11.3 Å². The summed E-state index contributed by atoms with van der Waals surface area (Å²) in [6.45, 7) is 0.986. The molecular weight excluding hydrogens is 250 g/mol. The highest BCUT2D eigenvalue weighted by Crippen LogP contribution is 2.20. The fourth-order valence-electron chi connectivity index (χ4n) is 1.54. The van der Waals surface area contributed by atoms with Gasteiger partial charge in [-0.1, -0.05) is 16.6 Å². The average Bonchev–Trinajstić information content (AvgIpc) is 2.84. The number of nitrogens with zero attached hydrogens (tertiary/aromatic N) is 2. The van der Waals surface area contributed by atoms with Crippen LogP contribution in [0.3, 0.4) is 0 Å². The lowest BCUT2D eigenvalue weighted by Gasteiger charge is -2.07. The van der Waals surface area contributed by atoms with Crippen LogP contribution >= 0.6 is 11.5 Å². The van der Waals surface area contributed by atoms with Gasteiger partial charge in [-0.05, 0) is 17.7 Å². The van der Waals surface area contributed by atoms with E-state index in [4.69, 9.17) is 9.47 Å². The summed E-state index contributed by atoms with van der Waals surface area (Å²) in [5.74, 6) is 0.805. The fraction of sp³-hybridized carbons (Fsp3) is 0.333. The third-order valence-electron chi connectivity index (χ3n) is 2.37. The van der Waals surface area contributed by atoms with E-state index in [1.54, 1.807) is 7.11 Å². The minimum Gasteiger partial charge on any atom is -0.487 e. The van der Waals surface area contributed by atoms with Crippen molar-refractivity contribution in [1.29, 1.82) is 0 Å². The van der Waals surface area contributed by atoms with Crippen molar-refractivity contribution in [2.24, 2.45) is 0 Å². The number of hydrogen-bond donors (Lipinski definition) is 1. The quantitative estimate of drug-likeness (QED) is 0.868. The Kier molecular flexibility index (Phi) is 4.49. The number of aromatic nitrogens is 2. The third kappa shape index (κ3) is 3.18. The molecule has 0 radical (unpaired) electrons. The molecule has 1 N–H and O–H groups in total. The van der Waals surface area contributed by atoms with Crippen LogP contribution in [-0.4, -0.2) is 23.7 Å². The largest absolute Gasteiger partial charge is 0.487 e. The van der Waals surface area contributed by atoms with E-state index in [1.807, 2.05) is 31.3 Å². The van der Waals surface area contributed by atoms with E-state index >= 15 is 0 Å². The Hall–Kier alpha value is -1.66. The Morgan fingerprint density at radius 3 is 3.00 bits per heavy atom. The van der Waals surface area contributed by atoms with Crippen molar-refractivity contribution in [3.05, 3.63) is 35.5 Å². The number of rotatable bonds is 6. The molecular formula is C12H15N3O2S. The van der Waals surface area contributed by atoms with Crippen molar-refractivity contribution in [1.82, 2.24) is 9.59 Å². The summed E-state index contributed by atoms with van der Waals surface area (Å²) in [5.41, 5.74) is 1.90. The molecule has 1 aromatic carbocycles. The molecule has 0 saturated carbocycles. The van der Waals surface area contributed by atoms with Gasteiger partial charge >= 0.3 is 0 Å². The van der Waals surface area contributed by atoms with Crippen molar-refractivity contribution in [3.63, 3.8) is 0 Å². The predicted molar refractivity (Wildman–Crippen MR) is 70.9 cm³/mol. The lowest BCUT2D eigenvalue weighted by Crippen LogP contribution is -2.00. The highest BCUT2D eigenvalue weighted by Gasteiger charge is 2.07. The van der Waals surface area contributed by atoms with E-state index in [2.05, 4.69) is 14.9 Å². The van der Waals surface area contributed by atoms with Gasteiger partial charge in [-0.3, -0.25) is 0 Å². The molecule has 0 aliphatic heterocycles. The first-order valence-electron chi connectivity index (χ1n) is 5.53. The Morgan fingerprint density at radius 2 is 2.22 bits per heavy atom. The topological polar surface area (TPSA) is 56.3 Å². The molecule has 1 aromatic heterocycles. The number of anilines is 1. The summed E-state index contributed by atoms with van der Waals surface area (Å²) in [5, 5.41) is 7.99. The molecule has 5 nitrogen and oxygen atoms in total. The molecule has 0 aliphatic carbocycles. The molecule has 96 valence electrons. The number of ether oxygens (including phenoxy) is 2. The zero-order valence-electron chi connectivity index (χ0n) is 10.3. The highest BCUT2D eigenvalue weighted by atomic mass is 32.1. The monoisotopic (exact) mass is 265 g/mol. The van der Waals surface area contributed by atoms with Crippen LogP contribution in [0.5, 0.6) is 5.75 Å². The molecule has 6 heteroatoms. The lowest BCUT2D eigenvalue weighted by molar-refractivity contribution is 0.184. The van der Waals surface area contributed by atoms with E-state index < -0.39 is 0 Å². The second-order valence-corrected chi connectivity index (χ2v) is 4.42. The standard InChI is InChI=1S/C12H15N3O2S/c1-13-12-11(14-15-18-12)8-17-10-5-3-4-9(6-10)7-16-2/h3-6,13H,7-8H2,1-2H3. The molecule has 1 heterocycles. The smallest absolute Gasteiger partial charge is 0.136 e. The van der Waals surface area contributed by atoms with Crippen molar-refractivity contribution in [2.75, 3.05) is 19.5 Å². The third-order valence-corrected chi connectivity index (χ3v) is 3.15. The van der Waals surface area contributed by atoms with Crippen LogP contribution in [0.4, 0.5) is 5.00 Å². The van der Waals surface area contributed by atoms with Crippen molar-refractivity contribution < 1.29 is 9.47 Å². The van der Waals surface area contributed by atoms with Crippen LogP contribution < -0.4 is 10.1 Å². The summed E-state index contributed by atoms with van der Waals surface area (Å²) in [6, 6.07) is 7.82. The number of nitrogens with one attached hydrogen (secondary N) is 1. The van der Waals surface area contributed by atoms with Crippen LogP contribution in [0.15, 0.2) is 24.3 Å².